The molecule has 0 spiro atoms. The van der Waals surface area contributed by atoms with Crippen molar-refractivity contribution in [2.75, 3.05) is 6.61 Å². The molecule has 2 bridgehead atoms. The van der Waals surface area contributed by atoms with Gasteiger partial charge < -0.3 is 44.0 Å². The standard InChI is InChI=1S/C45H53NO14/c1-24-29(57-39(52)33(49)32(27-16-12-10-13-17-27)46-40(53)60-41(4,5)6)22-45(54)37(58-38(51)28-18-14-11-15-19-28)35-43(9,21-20-30-44(35,23-55-30)59-26(3)48)36(50)34(56-25(2)47)31(24)42(45,7)8/h10-21,30-35,37,49,54H,22-23H2,1-9H3,(H,46,53)/t30?,31?,32-,33+,34+,35?,37-,43+,44-,45+/m0/s1. The van der Waals surface area contributed by atoms with Crippen molar-refractivity contribution in [2.24, 2.45) is 22.7 Å². The Hall–Kier alpha value is -5.38. The van der Waals surface area contributed by atoms with Crippen molar-refractivity contribution in [3.8, 4) is 0 Å². The van der Waals surface area contributed by atoms with Crippen LogP contribution >= 0.6 is 0 Å². The molecule has 2 fully saturated rings. The molecule has 1 heterocycles. The first kappa shape index (κ1) is 44.2. The SMILES string of the molecule is CC(=O)O[C@H]1C(=O)[C@]2(C)C=CC3OC[C@@]3(OC(C)=O)C2[C@H](OC(=O)c2ccccc2)[C@]2(O)CC(OC(=O)[C@H](O)[C@@H](NC(=O)OC(C)(C)C)c3ccccc3)=C(C)C1C2(C)C. The average molecular weight is 832 g/mol. The Labute approximate surface area is 348 Å². The Kier molecular flexibility index (Phi) is 11.7. The van der Waals surface area contributed by atoms with Gasteiger partial charge in [-0.25, -0.2) is 14.4 Å². The van der Waals surface area contributed by atoms with Crippen molar-refractivity contribution >= 4 is 35.8 Å². The predicted molar refractivity (Wildman–Crippen MR) is 211 cm³/mol. The summed E-state index contributed by atoms with van der Waals surface area (Å²) in [6.45, 7) is 13.3. The average Bonchev–Trinajstić information content (AvgIpc) is 3.15. The number of Topliss-reactive ketones (excluding diaryl/α,β-unsaturated/α-hetero) is 1. The quantitative estimate of drug-likeness (QED) is 0.176. The third-order valence-corrected chi connectivity index (χ3v) is 12.3. The second-order valence-corrected chi connectivity index (χ2v) is 17.8. The second-order valence-electron chi connectivity index (χ2n) is 17.8. The molecule has 3 aliphatic carbocycles. The Morgan fingerprint density at radius 1 is 0.917 bits per heavy atom. The lowest BCUT2D eigenvalue weighted by molar-refractivity contribution is -0.311. The van der Waals surface area contributed by atoms with Crippen LogP contribution in [0.4, 0.5) is 4.79 Å². The van der Waals surface area contributed by atoms with Crippen molar-refractivity contribution in [2.45, 2.75) is 116 Å². The zero-order valence-electron chi connectivity index (χ0n) is 35.2. The summed E-state index contributed by atoms with van der Waals surface area (Å²) in [5.41, 5.74) is -7.52. The van der Waals surface area contributed by atoms with Gasteiger partial charge in [0.15, 0.2) is 23.6 Å². The summed E-state index contributed by atoms with van der Waals surface area (Å²) in [4.78, 5) is 82.6. The summed E-state index contributed by atoms with van der Waals surface area (Å²) in [6.07, 6.45) is -4.70. The summed E-state index contributed by atoms with van der Waals surface area (Å²) in [5.74, 6) is -7.20. The maximum absolute atomic E-state index is 15.4. The third kappa shape index (κ3) is 7.74. The van der Waals surface area contributed by atoms with Gasteiger partial charge in [0.05, 0.1) is 29.5 Å². The summed E-state index contributed by atoms with van der Waals surface area (Å²) in [5, 5.41) is 27.8. The maximum Gasteiger partial charge on any atom is 0.408 e. The number of carbonyl (C=O) groups excluding carboxylic acids is 6. The van der Waals surface area contributed by atoms with Crippen molar-refractivity contribution in [3.63, 3.8) is 0 Å². The van der Waals surface area contributed by atoms with Gasteiger partial charge in [0.1, 0.15) is 29.2 Å². The molecular weight excluding hydrogens is 778 g/mol. The van der Waals surface area contributed by atoms with Crippen LogP contribution in [0.5, 0.6) is 0 Å². The molecule has 3 unspecified atom stereocenters. The molecule has 3 N–H and O–H groups in total. The van der Waals surface area contributed by atoms with Crippen LogP contribution in [0.15, 0.2) is 84.1 Å². The van der Waals surface area contributed by atoms with Gasteiger partial charge in [0.2, 0.25) is 0 Å². The third-order valence-electron chi connectivity index (χ3n) is 12.3. The molecule has 322 valence electrons. The van der Waals surface area contributed by atoms with E-state index in [4.69, 9.17) is 28.4 Å². The molecule has 60 heavy (non-hydrogen) atoms. The number of hydrogen-bond acceptors (Lipinski definition) is 14. The van der Waals surface area contributed by atoms with Gasteiger partial charge in [-0.1, -0.05) is 74.5 Å². The largest absolute Gasteiger partial charge is 0.455 e. The van der Waals surface area contributed by atoms with Crippen LogP contribution in [0.25, 0.3) is 0 Å². The summed E-state index contributed by atoms with van der Waals surface area (Å²) in [7, 11) is 0. The molecular formula is C45H53NO14. The fraction of sp³-hybridized carbons (Fsp3) is 0.511. The topological polar surface area (TPSA) is 210 Å². The number of fused-ring (bicyclic) bond motifs is 5. The predicted octanol–water partition coefficient (Wildman–Crippen LogP) is 4.84. The molecule has 15 nitrogen and oxygen atoms in total. The highest BCUT2D eigenvalue weighted by atomic mass is 16.6. The fourth-order valence-corrected chi connectivity index (χ4v) is 9.45. The molecule has 2 aromatic rings. The molecule has 2 aromatic carbocycles. The normalized spacial score (nSPS) is 31.3. The lowest BCUT2D eigenvalue weighted by atomic mass is 9.45. The Balaban J connectivity index is 1.52. The van der Waals surface area contributed by atoms with Gasteiger partial charge >= 0.3 is 30.0 Å². The van der Waals surface area contributed by atoms with Gasteiger partial charge in [-0.15, -0.1) is 0 Å². The number of esters is 4. The Bertz CT molecular complexity index is 2110. The van der Waals surface area contributed by atoms with E-state index in [0.29, 0.717) is 5.56 Å². The van der Waals surface area contributed by atoms with Crippen molar-refractivity contribution in [3.05, 3.63) is 95.3 Å². The minimum absolute atomic E-state index is 0.111. The van der Waals surface area contributed by atoms with Crippen molar-refractivity contribution in [1.82, 2.24) is 5.32 Å². The molecule has 10 atom stereocenters. The molecule has 15 heteroatoms. The highest BCUT2D eigenvalue weighted by Crippen LogP contribution is 2.64. The number of aliphatic hydroxyl groups excluding tert-OH is 1. The number of aliphatic hydroxyl groups is 2. The zero-order chi connectivity index (χ0) is 44.2. The highest BCUT2D eigenvalue weighted by molar-refractivity contribution is 5.94. The van der Waals surface area contributed by atoms with Gasteiger partial charge in [0, 0.05) is 31.6 Å². The van der Waals surface area contributed by atoms with E-state index in [1.165, 1.54) is 19.1 Å². The monoisotopic (exact) mass is 831 g/mol. The summed E-state index contributed by atoms with van der Waals surface area (Å²) in [6, 6.07) is 14.7. The van der Waals surface area contributed by atoms with Crippen LogP contribution in [0, 0.1) is 22.7 Å². The van der Waals surface area contributed by atoms with Crippen LogP contribution in [0.1, 0.15) is 90.7 Å². The molecule has 6 rings (SSSR count). The second kappa shape index (κ2) is 15.9. The van der Waals surface area contributed by atoms with E-state index in [2.05, 4.69) is 5.32 Å². The number of nitrogens with one attached hydrogen (secondary N) is 1. The van der Waals surface area contributed by atoms with E-state index in [1.807, 2.05) is 0 Å². The van der Waals surface area contributed by atoms with Crippen molar-refractivity contribution in [1.29, 1.82) is 0 Å². The number of alkyl carbamates (subject to hydrolysis) is 1. The zero-order valence-corrected chi connectivity index (χ0v) is 35.2. The Morgan fingerprint density at radius 3 is 2.08 bits per heavy atom. The molecule has 4 aliphatic rings. The first-order valence-electron chi connectivity index (χ1n) is 19.8. The number of rotatable bonds is 9. The summed E-state index contributed by atoms with van der Waals surface area (Å²) < 4.78 is 35.6. The first-order valence-corrected chi connectivity index (χ1v) is 19.8. The van der Waals surface area contributed by atoms with Gasteiger partial charge in [-0.05, 0) is 57.9 Å². The number of allylic oxidation sites excluding steroid dienone is 1. The smallest absolute Gasteiger partial charge is 0.408 e. The molecule has 0 radical (unpaired) electrons. The minimum Gasteiger partial charge on any atom is -0.455 e. The van der Waals surface area contributed by atoms with Gasteiger partial charge in [-0.3, -0.25) is 14.4 Å². The lowest BCUT2D eigenvalue weighted by Crippen LogP contribution is -2.79. The summed E-state index contributed by atoms with van der Waals surface area (Å²) >= 11 is 0. The van der Waals surface area contributed by atoms with E-state index in [-0.39, 0.29) is 23.5 Å². The van der Waals surface area contributed by atoms with Crippen molar-refractivity contribution < 1.29 is 67.4 Å². The molecule has 1 amide bonds. The number of ketones is 1. The van der Waals surface area contributed by atoms with Crippen LogP contribution in [0.2, 0.25) is 0 Å². The number of benzene rings is 2. The first-order chi connectivity index (χ1) is 28.0. The minimum atomic E-state index is -2.31. The highest BCUT2D eigenvalue weighted by Gasteiger charge is 2.76. The fourth-order valence-electron chi connectivity index (χ4n) is 9.45. The van der Waals surface area contributed by atoms with E-state index in [9.17, 15) is 34.2 Å². The molecule has 1 aliphatic heterocycles. The van der Waals surface area contributed by atoms with Gasteiger partial charge in [0.25, 0.3) is 0 Å². The Morgan fingerprint density at radius 2 is 1.53 bits per heavy atom. The number of amides is 1. The number of hydrogen-bond donors (Lipinski definition) is 3. The lowest BCUT2D eigenvalue weighted by Gasteiger charge is -2.65. The van der Waals surface area contributed by atoms with Crippen LogP contribution < -0.4 is 5.32 Å². The molecule has 1 saturated heterocycles. The van der Waals surface area contributed by atoms with Crippen LogP contribution in [0.3, 0.4) is 0 Å². The van der Waals surface area contributed by atoms with Gasteiger partial charge in [-0.2, -0.15) is 0 Å². The molecule has 1 saturated carbocycles. The van der Waals surface area contributed by atoms with Crippen LogP contribution in [-0.4, -0.2) is 93.8 Å². The number of carbonyl (C=O) groups is 6. The van der Waals surface area contributed by atoms with E-state index in [1.54, 1.807) is 109 Å². The van der Waals surface area contributed by atoms with E-state index >= 15 is 4.79 Å². The van der Waals surface area contributed by atoms with E-state index < -0.39 is 112 Å². The number of ether oxygens (including phenoxy) is 6. The molecule has 0 aromatic heterocycles. The van der Waals surface area contributed by atoms with E-state index in [0.717, 1.165) is 6.92 Å². The maximum atomic E-state index is 15.4. The van der Waals surface area contributed by atoms with Crippen LogP contribution in [-0.2, 0) is 47.6 Å².